The van der Waals surface area contributed by atoms with Crippen LogP contribution in [-0.2, 0) is 4.79 Å². The molecule has 0 aromatic heterocycles. The highest BCUT2D eigenvalue weighted by molar-refractivity contribution is 5.79. The van der Waals surface area contributed by atoms with E-state index in [0.29, 0.717) is 11.3 Å². The van der Waals surface area contributed by atoms with Gasteiger partial charge in [-0.05, 0) is 31.0 Å². The Morgan fingerprint density at radius 2 is 2.05 bits per heavy atom. The van der Waals surface area contributed by atoms with Gasteiger partial charge in [-0.3, -0.25) is 4.79 Å². The number of nitrogens with two attached hydrogens (primary N) is 1. The Hall–Kier alpha value is -1.62. The van der Waals surface area contributed by atoms with Crippen molar-refractivity contribution in [2.45, 2.75) is 26.8 Å². The summed E-state index contributed by atoms with van der Waals surface area (Å²) >= 11 is 0. The van der Waals surface area contributed by atoms with Crippen LogP contribution in [0.5, 0.6) is 5.75 Å². The number of hydrogen-bond acceptors (Lipinski definition) is 3. The lowest BCUT2D eigenvalue weighted by atomic mass is 9.94. The van der Waals surface area contributed by atoms with E-state index in [1.54, 1.807) is 13.0 Å². The molecule has 3 N–H and O–H groups in total. The van der Waals surface area contributed by atoms with E-state index in [2.05, 4.69) is 5.32 Å². The lowest BCUT2D eigenvalue weighted by Gasteiger charge is -2.23. The summed E-state index contributed by atoms with van der Waals surface area (Å²) in [6.07, 6.45) is 0. The van der Waals surface area contributed by atoms with E-state index in [9.17, 15) is 9.18 Å². The van der Waals surface area contributed by atoms with Crippen molar-refractivity contribution in [1.29, 1.82) is 0 Å². The minimum atomic E-state index is -0.360. The van der Waals surface area contributed by atoms with Gasteiger partial charge in [0.25, 0.3) is 0 Å². The fourth-order valence-corrected chi connectivity index (χ4v) is 2.12. The molecular weight excluding hydrogens is 259 g/mol. The molecule has 0 saturated carbocycles. The molecular formula is C15H23FN2O2. The molecule has 1 aromatic rings. The highest BCUT2D eigenvalue weighted by atomic mass is 19.1. The highest BCUT2D eigenvalue weighted by Gasteiger charge is 2.23. The predicted molar refractivity (Wildman–Crippen MR) is 76.9 cm³/mol. The molecule has 4 nitrogen and oxygen atoms in total. The maximum atomic E-state index is 13.3. The summed E-state index contributed by atoms with van der Waals surface area (Å²) < 4.78 is 18.5. The summed E-state index contributed by atoms with van der Waals surface area (Å²) in [7, 11) is 1.52. The Morgan fingerprint density at radius 3 is 2.55 bits per heavy atom. The molecule has 0 aliphatic carbocycles. The molecule has 0 fully saturated rings. The van der Waals surface area contributed by atoms with Crippen molar-refractivity contribution < 1.29 is 13.9 Å². The zero-order valence-corrected chi connectivity index (χ0v) is 12.4. The van der Waals surface area contributed by atoms with E-state index in [4.69, 9.17) is 10.5 Å². The molecule has 112 valence electrons. The zero-order chi connectivity index (χ0) is 15.3. The molecule has 1 rings (SSSR count). The summed E-state index contributed by atoms with van der Waals surface area (Å²) in [6, 6.07) is 3.90. The van der Waals surface area contributed by atoms with E-state index in [-0.39, 0.29) is 36.1 Å². The summed E-state index contributed by atoms with van der Waals surface area (Å²) in [5.74, 6) is -0.0332. The number of rotatable bonds is 6. The number of carbonyl (C=O) groups excluding carboxylic acids is 1. The molecule has 2 unspecified atom stereocenters. The highest BCUT2D eigenvalue weighted by Crippen LogP contribution is 2.26. The van der Waals surface area contributed by atoms with Crippen molar-refractivity contribution in [2.75, 3.05) is 13.7 Å². The standard InChI is InChI=1S/C15H23FN2O2/c1-9(2)13(8-17)15(19)18-10(3)12-7-11(16)5-6-14(12)20-4/h5-7,9-10,13H,8,17H2,1-4H3,(H,18,19). The minimum Gasteiger partial charge on any atom is -0.496 e. The lowest BCUT2D eigenvalue weighted by molar-refractivity contribution is -0.126. The quantitative estimate of drug-likeness (QED) is 0.841. The Balaban J connectivity index is 2.88. The van der Waals surface area contributed by atoms with Crippen LogP contribution in [0.3, 0.4) is 0 Å². The molecule has 0 aliphatic rings. The van der Waals surface area contributed by atoms with E-state index in [1.165, 1.54) is 19.2 Å². The van der Waals surface area contributed by atoms with Gasteiger partial charge in [-0.2, -0.15) is 0 Å². The normalized spacial score (nSPS) is 13.9. The van der Waals surface area contributed by atoms with Gasteiger partial charge in [0.15, 0.2) is 0 Å². The smallest absolute Gasteiger partial charge is 0.225 e. The zero-order valence-electron chi connectivity index (χ0n) is 12.4. The number of hydrogen-bond donors (Lipinski definition) is 2. The Morgan fingerprint density at radius 1 is 1.40 bits per heavy atom. The van der Waals surface area contributed by atoms with Crippen LogP contribution >= 0.6 is 0 Å². The third-order valence-corrected chi connectivity index (χ3v) is 3.41. The minimum absolute atomic E-state index is 0.124. The van der Waals surface area contributed by atoms with Gasteiger partial charge in [0.1, 0.15) is 11.6 Å². The summed E-state index contributed by atoms with van der Waals surface area (Å²) in [6.45, 7) is 5.98. The molecule has 0 heterocycles. The van der Waals surface area contributed by atoms with Crippen LogP contribution in [0.1, 0.15) is 32.4 Å². The van der Waals surface area contributed by atoms with Gasteiger partial charge in [-0.15, -0.1) is 0 Å². The average Bonchev–Trinajstić information content (AvgIpc) is 2.38. The van der Waals surface area contributed by atoms with Crippen LogP contribution in [0.2, 0.25) is 0 Å². The summed E-state index contributed by atoms with van der Waals surface area (Å²) in [5.41, 5.74) is 6.24. The second kappa shape index (κ2) is 7.24. The number of nitrogens with one attached hydrogen (secondary N) is 1. The van der Waals surface area contributed by atoms with Crippen LogP contribution in [0.15, 0.2) is 18.2 Å². The van der Waals surface area contributed by atoms with Crippen molar-refractivity contribution in [3.63, 3.8) is 0 Å². The molecule has 0 aliphatic heterocycles. The molecule has 0 bridgehead atoms. The Labute approximate surface area is 119 Å². The van der Waals surface area contributed by atoms with Gasteiger partial charge in [-0.1, -0.05) is 13.8 Å². The third kappa shape index (κ3) is 3.93. The summed E-state index contributed by atoms with van der Waals surface area (Å²) in [4.78, 5) is 12.2. The number of benzene rings is 1. The van der Waals surface area contributed by atoms with Crippen molar-refractivity contribution in [3.05, 3.63) is 29.6 Å². The second-order valence-electron chi connectivity index (χ2n) is 5.20. The monoisotopic (exact) mass is 282 g/mol. The number of carbonyl (C=O) groups is 1. The number of ether oxygens (including phenoxy) is 1. The molecule has 20 heavy (non-hydrogen) atoms. The Bertz CT molecular complexity index is 463. The SMILES string of the molecule is COc1ccc(F)cc1C(C)NC(=O)C(CN)C(C)C. The fraction of sp³-hybridized carbons (Fsp3) is 0.533. The fourth-order valence-electron chi connectivity index (χ4n) is 2.12. The molecule has 1 aromatic carbocycles. The van der Waals surface area contributed by atoms with Crippen LogP contribution < -0.4 is 15.8 Å². The van der Waals surface area contributed by atoms with E-state index in [1.807, 2.05) is 13.8 Å². The average molecular weight is 282 g/mol. The largest absolute Gasteiger partial charge is 0.496 e. The molecule has 0 spiro atoms. The first kappa shape index (κ1) is 16.4. The van der Waals surface area contributed by atoms with Crippen LogP contribution in [-0.4, -0.2) is 19.6 Å². The second-order valence-corrected chi connectivity index (χ2v) is 5.20. The molecule has 2 atom stereocenters. The van der Waals surface area contributed by atoms with Crippen LogP contribution in [0.25, 0.3) is 0 Å². The molecule has 0 radical (unpaired) electrons. The lowest BCUT2D eigenvalue weighted by Crippen LogP contribution is -2.39. The van der Waals surface area contributed by atoms with Gasteiger partial charge in [0.05, 0.1) is 19.1 Å². The molecule has 5 heteroatoms. The van der Waals surface area contributed by atoms with Gasteiger partial charge in [0, 0.05) is 12.1 Å². The van der Waals surface area contributed by atoms with Crippen molar-refractivity contribution in [1.82, 2.24) is 5.32 Å². The van der Waals surface area contributed by atoms with Crippen LogP contribution in [0.4, 0.5) is 4.39 Å². The van der Waals surface area contributed by atoms with Crippen molar-refractivity contribution in [3.8, 4) is 5.75 Å². The maximum absolute atomic E-state index is 13.3. The third-order valence-electron chi connectivity index (χ3n) is 3.41. The van der Waals surface area contributed by atoms with E-state index < -0.39 is 0 Å². The van der Waals surface area contributed by atoms with Crippen molar-refractivity contribution >= 4 is 5.91 Å². The van der Waals surface area contributed by atoms with E-state index >= 15 is 0 Å². The van der Waals surface area contributed by atoms with E-state index in [0.717, 1.165) is 0 Å². The van der Waals surface area contributed by atoms with Gasteiger partial charge in [-0.25, -0.2) is 4.39 Å². The maximum Gasteiger partial charge on any atom is 0.225 e. The topological polar surface area (TPSA) is 64.3 Å². The van der Waals surface area contributed by atoms with Crippen molar-refractivity contribution in [2.24, 2.45) is 17.6 Å². The number of halogens is 1. The molecule has 1 amide bonds. The first-order valence-electron chi connectivity index (χ1n) is 6.74. The van der Waals surface area contributed by atoms with Gasteiger partial charge < -0.3 is 15.8 Å². The van der Waals surface area contributed by atoms with Gasteiger partial charge in [0.2, 0.25) is 5.91 Å². The molecule has 0 saturated heterocycles. The first-order chi connectivity index (χ1) is 9.40. The van der Waals surface area contributed by atoms with Gasteiger partial charge >= 0.3 is 0 Å². The first-order valence-corrected chi connectivity index (χ1v) is 6.74. The predicted octanol–water partition coefficient (Wildman–Crippen LogP) is 2.24. The summed E-state index contributed by atoms with van der Waals surface area (Å²) in [5, 5.41) is 2.86. The number of methoxy groups -OCH3 is 1. The van der Waals surface area contributed by atoms with Crippen LogP contribution in [0, 0.1) is 17.7 Å². The number of amides is 1. The Kier molecular flexibility index (Phi) is 5.95.